The number of rotatable bonds is 4. The van der Waals surface area contributed by atoms with Crippen LogP contribution in [0, 0.1) is 0 Å². The van der Waals surface area contributed by atoms with Crippen molar-refractivity contribution in [2.45, 2.75) is 0 Å². The normalized spacial score (nSPS) is 10.7. The lowest BCUT2D eigenvalue weighted by Gasteiger charge is -2.17. The van der Waals surface area contributed by atoms with Crippen LogP contribution in [0.25, 0.3) is 23.2 Å². The lowest BCUT2D eigenvalue weighted by Crippen LogP contribution is -2.15. The Morgan fingerprint density at radius 2 is 1.69 bits per heavy atom. The van der Waals surface area contributed by atoms with Crippen LogP contribution in [0.3, 0.4) is 0 Å². The lowest BCUT2D eigenvalue weighted by molar-refractivity contribution is 0.430. The zero-order valence-electron chi connectivity index (χ0n) is 13.8. The molecule has 26 heavy (non-hydrogen) atoms. The fraction of sp³-hybridized carbons (Fsp3) is 0.0588. The summed E-state index contributed by atoms with van der Waals surface area (Å²) in [6.45, 7) is 0. The molecule has 2 N–H and O–H groups in total. The summed E-state index contributed by atoms with van der Waals surface area (Å²) in [5.41, 5.74) is 7.32. The maximum Gasteiger partial charge on any atom is 0.276 e. The molecule has 3 heterocycles. The van der Waals surface area contributed by atoms with Crippen molar-refractivity contribution in [3.05, 3.63) is 54.7 Å². The van der Waals surface area contributed by atoms with Gasteiger partial charge in [-0.3, -0.25) is 4.98 Å². The van der Waals surface area contributed by atoms with Crippen molar-refractivity contribution in [2.75, 3.05) is 17.7 Å². The average Bonchev–Trinajstić information content (AvgIpc) is 3.19. The Morgan fingerprint density at radius 1 is 0.885 bits per heavy atom. The van der Waals surface area contributed by atoms with E-state index in [2.05, 4.69) is 30.1 Å². The minimum atomic E-state index is 0.0666. The molecule has 128 valence electrons. The van der Waals surface area contributed by atoms with Crippen LogP contribution in [0.15, 0.2) is 59.3 Å². The van der Waals surface area contributed by atoms with Crippen molar-refractivity contribution in [1.82, 2.24) is 30.1 Å². The number of nitrogen functional groups attached to an aromatic ring is 1. The van der Waals surface area contributed by atoms with Gasteiger partial charge in [0.1, 0.15) is 5.69 Å². The Balaban J connectivity index is 1.70. The summed E-state index contributed by atoms with van der Waals surface area (Å²) in [5, 5.41) is 3.92. The second kappa shape index (κ2) is 6.55. The number of aromatic nitrogens is 6. The summed E-state index contributed by atoms with van der Waals surface area (Å²) in [6.07, 6.45) is 1.65. The monoisotopic (exact) mass is 346 g/mol. The van der Waals surface area contributed by atoms with Gasteiger partial charge in [-0.05, 0) is 24.3 Å². The van der Waals surface area contributed by atoms with E-state index in [4.69, 9.17) is 10.3 Å². The van der Waals surface area contributed by atoms with Crippen molar-refractivity contribution < 1.29 is 4.52 Å². The van der Waals surface area contributed by atoms with Gasteiger partial charge < -0.3 is 15.2 Å². The molecule has 0 radical (unpaired) electrons. The van der Waals surface area contributed by atoms with Crippen molar-refractivity contribution in [1.29, 1.82) is 0 Å². The topological polar surface area (TPSA) is 120 Å². The van der Waals surface area contributed by atoms with E-state index in [-0.39, 0.29) is 23.5 Å². The molecule has 0 bridgehead atoms. The summed E-state index contributed by atoms with van der Waals surface area (Å²) in [4.78, 5) is 23.0. The number of hydrogen-bond donors (Lipinski definition) is 1. The standard InChI is InChI=1S/C17H14N8O/c1-25(11-7-3-2-4-8-11)17-22-13(21-16(18)23-17)14-20-15(26-24-14)12-9-5-6-10-19-12/h2-10H,1H3,(H2,18,21,22,23). The van der Waals surface area contributed by atoms with Crippen molar-refractivity contribution >= 4 is 17.6 Å². The number of nitrogens with two attached hydrogens (primary N) is 1. The fourth-order valence-electron chi connectivity index (χ4n) is 2.31. The third-order valence-electron chi connectivity index (χ3n) is 3.59. The highest BCUT2D eigenvalue weighted by atomic mass is 16.5. The molecule has 0 atom stereocenters. The van der Waals surface area contributed by atoms with E-state index < -0.39 is 0 Å². The van der Waals surface area contributed by atoms with Crippen LogP contribution in [0.4, 0.5) is 17.6 Å². The zero-order valence-corrected chi connectivity index (χ0v) is 13.8. The number of para-hydroxylation sites is 1. The summed E-state index contributed by atoms with van der Waals surface area (Å²) < 4.78 is 5.25. The Hall–Kier alpha value is -3.88. The van der Waals surface area contributed by atoms with Crippen LogP contribution < -0.4 is 10.6 Å². The molecule has 3 aromatic heterocycles. The number of benzene rings is 1. The van der Waals surface area contributed by atoms with Gasteiger partial charge in [-0.15, -0.1) is 0 Å². The maximum absolute atomic E-state index is 5.84. The molecule has 9 nitrogen and oxygen atoms in total. The van der Waals surface area contributed by atoms with E-state index >= 15 is 0 Å². The highest BCUT2D eigenvalue weighted by Gasteiger charge is 2.17. The highest BCUT2D eigenvalue weighted by Crippen LogP contribution is 2.23. The Morgan fingerprint density at radius 3 is 2.46 bits per heavy atom. The predicted molar refractivity (Wildman–Crippen MR) is 95.3 cm³/mol. The van der Waals surface area contributed by atoms with E-state index in [0.717, 1.165) is 5.69 Å². The number of hydrogen-bond acceptors (Lipinski definition) is 9. The first-order valence-electron chi connectivity index (χ1n) is 7.76. The molecule has 1 aromatic carbocycles. The third-order valence-corrected chi connectivity index (χ3v) is 3.59. The van der Waals surface area contributed by atoms with E-state index in [1.807, 2.05) is 43.4 Å². The van der Waals surface area contributed by atoms with Gasteiger partial charge in [0, 0.05) is 18.9 Å². The fourth-order valence-corrected chi connectivity index (χ4v) is 2.31. The molecule has 9 heteroatoms. The van der Waals surface area contributed by atoms with Gasteiger partial charge in [0.2, 0.25) is 23.5 Å². The average molecular weight is 346 g/mol. The van der Waals surface area contributed by atoms with Gasteiger partial charge >= 0.3 is 0 Å². The minimum absolute atomic E-state index is 0.0666. The van der Waals surface area contributed by atoms with Crippen molar-refractivity contribution in [2.24, 2.45) is 0 Å². The van der Waals surface area contributed by atoms with Crippen LogP contribution in [0.2, 0.25) is 0 Å². The quantitative estimate of drug-likeness (QED) is 0.593. The van der Waals surface area contributed by atoms with Gasteiger partial charge in [-0.25, -0.2) is 0 Å². The smallest absolute Gasteiger partial charge is 0.276 e. The lowest BCUT2D eigenvalue weighted by atomic mass is 10.3. The Bertz CT molecular complexity index is 1020. The second-order valence-corrected chi connectivity index (χ2v) is 5.35. The van der Waals surface area contributed by atoms with Gasteiger partial charge in [0.15, 0.2) is 0 Å². The van der Waals surface area contributed by atoms with Gasteiger partial charge in [-0.2, -0.15) is 19.9 Å². The molecule has 0 fully saturated rings. The molecule has 0 spiro atoms. The number of pyridine rings is 1. The molecule has 0 amide bonds. The highest BCUT2D eigenvalue weighted by molar-refractivity contribution is 5.59. The SMILES string of the molecule is CN(c1ccccc1)c1nc(N)nc(-c2noc(-c3ccccn3)n2)n1. The van der Waals surface area contributed by atoms with Crippen molar-refractivity contribution in [3.63, 3.8) is 0 Å². The maximum atomic E-state index is 5.84. The van der Waals surface area contributed by atoms with Gasteiger partial charge in [0.05, 0.1) is 0 Å². The van der Waals surface area contributed by atoms with Crippen LogP contribution >= 0.6 is 0 Å². The van der Waals surface area contributed by atoms with E-state index in [9.17, 15) is 0 Å². The molecular formula is C17H14N8O. The predicted octanol–water partition coefficient (Wildman–Crippen LogP) is 2.33. The van der Waals surface area contributed by atoms with Crippen LogP contribution in [-0.4, -0.2) is 37.1 Å². The number of nitrogens with zero attached hydrogens (tertiary/aromatic N) is 7. The minimum Gasteiger partial charge on any atom is -0.368 e. The van der Waals surface area contributed by atoms with E-state index in [1.165, 1.54) is 0 Å². The summed E-state index contributed by atoms with van der Waals surface area (Å²) in [6, 6.07) is 15.1. The molecular weight excluding hydrogens is 332 g/mol. The largest absolute Gasteiger partial charge is 0.368 e. The number of anilines is 3. The Labute approximate surface area is 148 Å². The first-order chi connectivity index (χ1) is 12.7. The first-order valence-corrected chi connectivity index (χ1v) is 7.76. The third kappa shape index (κ3) is 3.05. The molecule has 4 aromatic rings. The van der Waals surface area contributed by atoms with Gasteiger partial charge in [-0.1, -0.05) is 29.4 Å². The molecule has 0 aliphatic rings. The van der Waals surface area contributed by atoms with Crippen LogP contribution in [0.1, 0.15) is 0 Å². The Kier molecular flexibility index (Phi) is 3.94. The summed E-state index contributed by atoms with van der Waals surface area (Å²) in [5.74, 6) is 1.15. The molecule has 0 saturated heterocycles. The van der Waals surface area contributed by atoms with E-state index in [1.54, 1.807) is 23.2 Å². The first kappa shape index (κ1) is 15.6. The molecule has 0 saturated carbocycles. The van der Waals surface area contributed by atoms with Crippen LogP contribution in [0.5, 0.6) is 0 Å². The van der Waals surface area contributed by atoms with Crippen molar-refractivity contribution in [3.8, 4) is 23.2 Å². The molecule has 0 aliphatic heterocycles. The van der Waals surface area contributed by atoms with Crippen LogP contribution in [-0.2, 0) is 0 Å². The van der Waals surface area contributed by atoms with Gasteiger partial charge in [0.25, 0.3) is 5.89 Å². The molecule has 0 aliphatic carbocycles. The molecule has 0 unspecified atom stereocenters. The summed E-state index contributed by atoms with van der Waals surface area (Å²) in [7, 11) is 1.84. The second-order valence-electron chi connectivity index (χ2n) is 5.35. The molecule has 4 rings (SSSR count). The zero-order chi connectivity index (χ0) is 17.9. The summed E-state index contributed by atoms with van der Waals surface area (Å²) >= 11 is 0. The van der Waals surface area contributed by atoms with E-state index in [0.29, 0.717) is 11.6 Å².